The third kappa shape index (κ3) is 2.64. The van der Waals surface area contributed by atoms with Crippen molar-refractivity contribution in [2.24, 2.45) is 5.92 Å². The van der Waals surface area contributed by atoms with Crippen LogP contribution in [0.4, 0.5) is 0 Å². The maximum absolute atomic E-state index is 5.39. The van der Waals surface area contributed by atoms with Crippen LogP contribution < -0.4 is 5.32 Å². The van der Waals surface area contributed by atoms with Crippen LogP contribution in [0.3, 0.4) is 0 Å². The van der Waals surface area contributed by atoms with Crippen molar-refractivity contribution in [3.63, 3.8) is 0 Å². The Morgan fingerprint density at radius 3 is 2.71 bits per heavy atom. The zero-order valence-corrected chi connectivity index (χ0v) is 12.3. The van der Waals surface area contributed by atoms with E-state index < -0.39 is 0 Å². The fourth-order valence-corrected chi connectivity index (χ4v) is 2.61. The summed E-state index contributed by atoms with van der Waals surface area (Å²) < 4.78 is 5.39. The number of fused-ring (bicyclic) bond motifs is 1. The fourth-order valence-electron chi connectivity index (χ4n) is 2.61. The van der Waals surface area contributed by atoms with Gasteiger partial charge in [0.1, 0.15) is 0 Å². The molecule has 21 heavy (non-hydrogen) atoms. The molecule has 4 nitrogen and oxygen atoms in total. The van der Waals surface area contributed by atoms with Crippen LogP contribution in [0.1, 0.15) is 5.89 Å². The molecule has 4 rings (SSSR count). The van der Waals surface area contributed by atoms with Gasteiger partial charge in [0.05, 0.1) is 0 Å². The number of benzene rings is 2. The van der Waals surface area contributed by atoms with E-state index in [1.54, 1.807) is 0 Å². The SMILES string of the molecule is Cl.c1ccc2c(-c3noc(CC4CNC4)n3)cccc2c1. The van der Waals surface area contributed by atoms with Gasteiger partial charge in [0.2, 0.25) is 11.7 Å². The van der Waals surface area contributed by atoms with Crippen molar-refractivity contribution in [3.05, 3.63) is 48.4 Å². The average Bonchev–Trinajstić information content (AvgIpc) is 2.91. The van der Waals surface area contributed by atoms with Crippen LogP contribution in [-0.4, -0.2) is 23.2 Å². The normalized spacial score (nSPS) is 14.7. The van der Waals surface area contributed by atoms with Gasteiger partial charge in [-0.05, 0) is 29.8 Å². The zero-order valence-electron chi connectivity index (χ0n) is 11.5. The van der Waals surface area contributed by atoms with E-state index in [1.165, 1.54) is 5.39 Å². The highest BCUT2D eigenvalue weighted by molar-refractivity contribution is 5.94. The van der Waals surface area contributed by atoms with Crippen LogP contribution in [0.5, 0.6) is 0 Å². The zero-order chi connectivity index (χ0) is 13.4. The fraction of sp³-hybridized carbons (Fsp3) is 0.250. The molecule has 0 atom stereocenters. The topological polar surface area (TPSA) is 51.0 Å². The lowest BCUT2D eigenvalue weighted by Gasteiger charge is -2.25. The van der Waals surface area contributed by atoms with E-state index in [0.717, 1.165) is 36.4 Å². The molecule has 0 radical (unpaired) electrons. The Hall–Kier alpha value is -1.91. The van der Waals surface area contributed by atoms with Crippen molar-refractivity contribution < 1.29 is 4.52 Å². The molecule has 5 heteroatoms. The van der Waals surface area contributed by atoms with Gasteiger partial charge >= 0.3 is 0 Å². The molecular weight excluding hydrogens is 286 g/mol. The third-order valence-corrected chi connectivity index (χ3v) is 3.83. The number of nitrogens with one attached hydrogen (secondary N) is 1. The van der Waals surface area contributed by atoms with E-state index in [9.17, 15) is 0 Å². The second-order valence-electron chi connectivity index (χ2n) is 5.27. The van der Waals surface area contributed by atoms with E-state index >= 15 is 0 Å². The minimum absolute atomic E-state index is 0. The maximum Gasteiger partial charge on any atom is 0.227 e. The second-order valence-corrected chi connectivity index (χ2v) is 5.27. The molecule has 0 bridgehead atoms. The van der Waals surface area contributed by atoms with Crippen molar-refractivity contribution in [2.45, 2.75) is 6.42 Å². The Bertz CT molecular complexity index is 747. The number of aromatic nitrogens is 2. The van der Waals surface area contributed by atoms with Gasteiger partial charge in [-0.25, -0.2) is 0 Å². The Morgan fingerprint density at radius 2 is 1.90 bits per heavy atom. The van der Waals surface area contributed by atoms with Crippen molar-refractivity contribution in [1.82, 2.24) is 15.5 Å². The molecule has 0 aliphatic carbocycles. The smallest absolute Gasteiger partial charge is 0.227 e. The Balaban J connectivity index is 0.00000132. The second kappa shape index (κ2) is 5.84. The lowest BCUT2D eigenvalue weighted by atomic mass is 9.99. The number of nitrogens with zero attached hydrogens (tertiary/aromatic N) is 2. The molecule has 0 amide bonds. The summed E-state index contributed by atoms with van der Waals surface area (Å²) in [6.45, 7) is 2.10. The first-order chi connectivity index (χ1) is 9.90. The molecule has 2 heterocycles. The predicted molar refractivity (Wildman–Crippen MR) is 84.6 cm³/mol. The van der Waals surface area contributed by atoms with E-state index in [-0.39, 0.29) is 12.4 Å². The monoisotopic (exact) mass is 301 g/mol. The Morgan fingerprint density at radius 1 is 1.10 bits per heavy atom. The highest BCUT2D eigenvalue weighted by Crippen LogP contribution is 2.26. The van der Waals surface area contributed by atoms with Crippen LogP contribution in [0.25, 0.3) is 22.2 Å². The lowest BCUT2D eigenvalue weighted by molar-refractivity contribution is 0.296. The van der Waals surface area contributed by atoms with Crippen LogP contribution in [0, 0.1) is 5.92 Å². The Labute approximate surface area is 129 Å². The van der Waals surface area contributed by atoms with Gasteiger partial charge in [0, 0.05) is 12.0 Å². The van der Waals surface area contributed by atoms with Crippen LogP contribution in [0.15, 0.2) is 47.0 Å². The number of rotatable bonds is 3. The van der Waals surface area contributed by atoms with E-state index in [4.69, 9.17) is 4.52 Å². The number of halogens is 1. The summed E-state index contributed by atoms with van der Waals surface area (Å²) in [6.07, 6.45) is 0.866. The quantitative estimate of drug-likeness (QED) is 0.808. The van der Waals surface area contributed by atoms with Crippen LogP contribution in [0.2, 0.25) is 0 Å². The highest BCUT2D eigenvalue weighted by Gasteiger charge is 2.20. The molecule has 1 N–H and O–H groups in total. The molecule has 1 fully saturated rings. The molecule has 108 valence electrons. The molecule has 0 saturated carbocycles. The summed E-state index contributed by atoms with van der Waals surface area (Å²) >= 11 is 0. The number of hydrogen-bond donors (Lipinski definition) is 1. The molecule has 1 aliphatic rings. The van der Waals surface area contributed by atoms with Gasteiger partial charge < -0.3 is 9.84 Å². The van der Waals surface area contributed by atoms with Crippen LogP contribution >= 0.6 is 12.4 Å². The lowest BCUT2D eigenvalue weighted by Crippen LogP contribution is -2.43. The summed E-state index contributed by atoms with van der Waals surface area (Å²) in [5.41, 5.74) is 1.03. The minimum Gasteiger partial charge on any atom is -0.339 e. The molecular formula is C16H16ClN3O. The van der Waals surface area contributed by atoms with E-state index in [2.05, 4.69) is 33.7 Å². The first kappa shape index (κ1) is 14.0. The summed E-state index contributed by atoms with van der Waals surface area (Å²) in [7, 11) is 0. The highest BCUT2D eigenvalue weighted by atomic mass is 35.5. The molecule has 3 aromatic rings. The molecule has 1 aromatic heterocycles. The molecule has 2 aromatic carbocycles. The first-order valence-electron chi connectivity index (χ1n) is 6.91. The van der Waals surface area contributed by atoms with Crippen molar-refractivity contribution in [1.29, 1.82) is 0 Å². The molecule has 1 saturated heterocycles. The van der Waals surface area contributed by atoms with Gasteiger partial charge in [-0.1, -0.05) is 47.6 Å². The van der Waals surface area contributed by atoms with Gasteiger partial charge in [0.15, 0.2) is 0 Å². The summed E-state index contributed by atoms with van der Waals surface area (Å²) in [5.74, 6) is 2.05. The molecule has 0 unspecified atom stereocenters. The summed E-state index contributed by atoms with van der Waals surface area (Å²) in [6, 6.07) is 14.4. The van der Waals surface area contributed by atoms with Crippen LogP contribution in [-0.2, 0) is 6.42 Å². The molecule has 0 spiro atoms. The van der Waals surface area contributed by atoms with Gasteiger partial charge in [-0.3, -0.25) is 0 Å². The van der Waals surface area contributed by atoms with E-state index in [0.29, 0.717) is 11.7 Å². The third-order valence-electron chi connectivity index (χ3n) is 3.83. The largest absolute Gasteiger partial charge is 0.339 e. The first-order valence-corrected chi connectivity index (χ1v) is 6.91. The minimum atomic E-state index is 0. The molecule has 1 aliphatic heterocycles. The van der Waals surface area contributed by atoms with Gasteiger partial charge in [0.25, 0.3) is 0 Å². The van der Waals surface area contributed by atoms with Crippen molar-refractivity contribution in [3.8, 4) is 11.4 Å². The maximum atomic E-state index is 5.39. The predicted octanol–water partition coefficient (Wildman–Crippen LogP) is 3.07. The Kier molecular flexibility index (Phi) is 3.90. The van der Waals surface area contributed by atoms with Gasteiger partial charge in [-0.15, -0.1) is 12.4 Å². The summed E-state index contributed by atoms with van der Waals surface area (Å²) in [4.78, 5) is 4.55. The number of hydrogen-bond acceptors (Lipinski definition) is 4. The standard InChI is InChI=1S/C16H15N3O.ClH/c1-2-6-13-12(4-1)5-3-7-14(13)16-18-15(20-19-16)8-11-9-17-10-11;/h1-7,11,17H,8-10H2;1H. The van der Waals surface area contributed by atoms with E-state index in [1.807, 2.05) is 24.3 Å². The van der Waals surface area contributed by atoms with Crippen molar-refractivity contribution >= 4 is 23.2 Å². The summed E-state index contributed by atoms with van der Waals surface area (Å²) in [5, 5.41) is 9.75. The average molecular weight is 302 g/mol. The van der Waals surface area contributed by atoms with Gasteiger partial charge in [-0.2, -0.15) is 4.98 Å². The van der Waals surface area contributed by atoms with Crippen molar-refractivity contribution in [2.75, 3.05) is 13.1 Å².